The van der Waals surface area contributed by atoms with Gasteiger partial charge >= 0.3 is 0 Å². The molecule has 0 N–H and O–H groups in total. The highest BCUT2D eigenvalue weighted by atomic mass is 16.5. The van der Waals surface area contributed by atoms with Gasteiger partial charge < -0.3 is 9.47 Å². The average Bonchev–Trinajstić information content (AvgIpc) is 2.30. The number of rotatable bonds is 6. The van der Waals surface area contributed by atoms with Crippen LogP contribution in [-0.2, 0) is 6.42 Å². The van der Waals surface area contributed by atoms with Gasteiger partial charge in [-0.2, -0.15) is 0 Å². The summed E-state index contributed by atoms with van der Waals surface area (Å²) in [6.07, 6.45) is 2.79. The Labute approximate surface area is 103 Å². The van der Waals surface area contributed by atoms with Crippen LogP contribution in [0.3, 0.4) is 0 Å². The van der Waals surface area contributed by atoms with Crippen LogP contribution in [0.15, 0.2) is 12.1 Å². The number of hydrogen-bond acceptors (Lipinski definition) is 3. The lowest BCUT2D eigenvalue weighted by molar-refractivity contribution is 0.112. The number of aryl methyl sites for hydroxylation is 1. The lowest BCUT2D eigenvalue weighted by atomic mass is 10.0. The van der Waals surface area contributed by atoms with Gasteiger partial charge in [-0.1, -0.05) is 13.3 Å². The number of carbonyl (C=O) groups is 1. The van der Waals surface area contributed by atoms with Gasteiger partial charge in [0.25, 0.3) is 0 Å². The molecular weight excluding hydrogens is 216 g/mol. The first-order valence-electron chi connectivity index (χ1n) is 5.95. The molecule has 0 fully saturated rings. The van der Waals surface area contributed by atoms with Gasteiger partial charge in [-0.3, -0.25) is 4.79 Å². The molecule has 1 rings (SSSR count). The van der Waals surface area contributed by atoms with Crippen LogP contribution in [0.25, 0.3) is 0 Å². The van der Waals surface area contributed by atoms with Crippen molar-refractivity contribution < 1.29 is 14.3 Å². The second-order valence-electron chi connectivity index (χ2n) is 4.24. The van der Waals surface area contributed by atoms with E-state index < -0.39 is 0 Å². The zero-order valence-corrected chi connectivity index (χ0v) is 10.9. The molecule has 0 amide bonds. The van der Waals surface area contributed by atoms with Crippen molar-refractivity contribution in [2.45, 2.75) is 39.7 Å². The van der Waals surface area contributed by atoms with Crippen LogP contribution in [0.2, 0.25) is 0 Å². The monoisotopic (exact) mass is 236 g/mol. The Morgan fingerprint density at radius 3 is 2.47 bits per heavy atom. The van der Waals surface area contributed by atoms with E-state index >= 15 is 0 Å². The lowest BCUT2D eigenvalue weighted by Crippen LogP contribution is -2.08. The van der Waals surface area contributed by atoms with Crippen molar-refractivity contribution in [3.63, 3.8) is 0 Å². The second-order valence-corrected chi connectivity index (χ2v) is 4.24. The van der Waals surface area contributed by atoms with Crippen molar-refractivity contribution in [3.8, 4) is 11.5 Å². The van der Waals surface area contributed by atoms with E-state index in [1.54, 1.807) is 13.2 Å². The smallest absolute Gasteiger partial charge is 0.162 e. The zero-order chi connectivity index (χ0) is 12.8. The van der Waals surface area contributed by atoms with Crippen molar-refractivity contribution in [1.82, 2.24) is 0 Å². The molecule has 0 aliphatic rings. The standard InChI is InChI=1S/C14H20O3/c1-5-6-11-7-13(16-4)14(17-10(2)3)8-12(11)9-15/h7-10H,5-6H2,1-4H3. The maximum Gasteiger partial charge on any atom is 0.162 e. The van der Waals surface area contributed by atoms with Crippen molar-refractivity contribution in [2.24, 2.45) is 0 Å². The molecule has 0 saturated heterocycles. The summed E-state index contributed by atoms with van der Waals surface area (Å²) in [6.45, 7) is 5.97. The first-order valence-corrected chi connectivity index (χ1v) is 5.95. The Bertz CT molecular complexity index is 383. The number of methoxy groups -OCH3 is 1. The van der Waals surface area contributed by atoms with E-state index in [1.807, 2.05) is 19.9 Å². The molecule has 0 aliphatic heterocycles. The summed E-state index contributed by atoms with van der Waals surface area (Å²) in [5.41, 5.74) is 1.69. The Morgan fingerprint density at radius 2 is 2.00 bits per heavy atom. The summed E-state index contributed by atoms with van der Waals surface area (Å²) in [5, 5.41) is 0. The van der Waals surface area contributed by atoms with Gasteiger partial charge in [-0.25, -0.2) is 0 Å². The van der Waals surface area contributed by atoms with Crippen LogP contribution >= 0.6 is 0 Å². The van der Waals surface area contributed by atoms with Gasteiger partial charge in [0.2, 0.25) is 0 Å². The molecule has 0 heterocycles. The molecule has 0 atom stereocenters. The molecule has 0 aromatic heterocycles. The van der Waals surface area contributed by atoms with Crippen molar-refractivity contribution in [1.29, 1.82) is 0 Å². The van der Waals surface area contributed by atoms with Gasteiger partial charge in [0.05, 0.1) is 13.2 Å². The Hall–Kier alpha value is -1.51. The van der Waals surface area contributed by atoms with E-state index in [2.05, 4.69) is 6.92 Å². The van der Waals surface area contributed by atoms with Crippen LogP contribution in [0.1, 0.15) is 43.1 Å². The SMILES string of the molecule is CCCc1cc(OC)c(OC(C)C)cc1C=O. The zero-order valence-electron chi connectivity index (χ0n) is 10.9. The summed E-state index contributed by atoms with van der Waals surface area (Å²) in [7, 11) is 1.61. The summed E-state index contributed by atoms with van der Waals surface area (Å²) in [6, 6.07) is 3.65. The van der Waals surface area contributed by atoms with E-state index in [9.17, 15) is 4.79 Å². The normalized spacial score (nSPS) is 10.4. The largest absolute Gasteiger partial charge is 0.493 e. The minimum absolute atomic E-state index is 0.0560. The van der Waals surface area contributed by atoms with Gasteiger partial charge in [0.15, 0.2) is 11.5 Å². The van der Waals surface area contributed by atoms with Crippen LogP contribution in [-0.4, -0.2) is 19.5 Å². The number of carbonyl (C=O) groups excluding carboxylic acids is 1. The van der Waals surface area contributed by atoms with Crippen molar-refractivity contribution >= 4 is 6.29 Å². The molecule has 1 aromatic rings. The number of benzene rings is 1. The molecule has 0 spiro atoms. The molecule has 0 bridgehead atoms. The Kier molecular flexibility index (Phi) is 5.01. The van der Waals surface area contributed by atoms with Gasteiger partial charge in [-0.15, -0.1) is 0 Å². The maximum absolute atomic E-state index is 11.0. The predicted molar refractivity (Wildman–Crippen MR) is 68.1 cm³/mol. The predicted octanol–water partition coefficient (Wildman–Crippen LogP) is 3.25. The van der Waals surface area contributed by atoms with Crippen LogP contribution in [0, 0.1) is 0 Å². The summed E-state index contributed by atoms with van der Waals surface area (Å²) in [4.78, 5) is 11.0. The first kappa shape index (κ1) is 13.6. The lowest BCUT2D eigenvalue weighted by Gasteiger charge is -2.15. The summed E-state index contributed by atoms with van der Waals surface area (Å²) in [5.74, 6) is 1.32. The molecular formula is C14H20O3. The highest BCUT2D eigenvalue weighted by Crippen LogP contribution is 2.31. The molecule has 0 unspecified atom stereocenters. The number of hydrogen-bond donors (Lipinski definition) is 0. The van der Waals surface area contributed by atoms with Crippen LogP contribution in [0.5, 0.6) is 11.5 Å². The third kappa shape index (κ3) is 3.48. The summed E-state index contributed by atoms with van der Waals surface area (Å²) >= 11 is 0. The molecule has 17 heavy (non-hydrogen) atoms. The Balaban J connectivity index is 3.17. The maximum atomic E-state index is 11.0. The van der Waals surface area contributed by atoms with E-state index in [0.717, 1.165) is 24.7 Å². The molecule has 3 heteroatoms. The second kappa shape index (κ2) is 6.28. The average molecular weight is 236 g/mol. The quantitative estimate of drug-likeness (QED) is 0.711. The number of aldehydes is 1. The van der Waals surface area contributed by atoms with E-state index in [1.165, 1.54) is 0 Å². The minimum atomic E-state index is 0.0560. The van der Waals surface area contributed by atoms with E-state index in [4.69, 9.17) is 9.47 Å². The molecule has 0 radical (unpaired) electrons. The van der Waals surface area contributed by atoms with E-state index in [0.29, 0.717) is 17.1 Å². The molecule has 0 aliphatic carbocycles. The summed E-state index contributed by atoms with van der Waals surface area (Å²) < 4.78 is 10.9. The molecule has 0 saturated carbocycles. The van der Waals surface area contributed by atoms with E-state index in [-0.39, 0.29) is 6.10 Å². The number of ether oxygens (including phenoxy) is 2. The van der Waals surface area contributed by atoms with Crippen molar-refractivity contribution in [3.05, 3.63) is 23.3 Å². The highest BCUT2D eigenvalue weighted by Gasteiger charge is 2.11. The van der Waals surface area contributed by atoms with Gasteiger partial charge in [-0.05, 0) is 38.0 Å². The van der Waals surface area contributed by atoms with Crippen LogP contribution < -0.4 is 9.47 Å². The third-order valence-electron chi connectivity index (χ3n) is 2.43. The first-order chi connectivity index (χ1) is 8.12. The molecule has 3 nitrogen and oxygen atoms in total. The fourth-order valence-electron chi connectivity index (χ4n) is 1.72. The van der Waals surface area contributed by atoms with Gasteiger partial charge in [0.1, 0.15) is 6.29 Å². The topological polar surface area (TPSA) is 35.5 Å². The minimum Gasteiger partial charge on any atom is -0.493 e. The van der Waals surface area contributed by atoms with Crippen molar-refractivity contribution in [2.75, 3.05) is 7.11 Å². The Morgan fingerprint density at radius 1 is 1.29 bits per heavy atom. The van der Waals surface area contributed by atoms with Crippen LogP contribution in [0.4, 0.5) is 0 Å². The third-order valence-corrected chi connectivity index (χ3v) is 2.43. The fraction of sp³-hybridized carbons (Fsp3) is 0.500. The highest BCUT2D eigenvalue weighted by molar-refractivity contribution is 5.79. The van der Waals surface area contributed by atoms with Gasteiger partial charge in [0, 0.05) is 5.56 Å². The fourth-order valence-corrected chi connectivity index (χ4v) is 1.72. The molecule has 1 aromatic carbocycles. The molecule has 94 valence electrons.